The maximum absolute atomic E-state index is 12.3. The van der Waals surface area contributed by atoms with Crippen molar-refractivity contribution in [3.8, 4) is 6.07 Å². The van der Waals surface area contributed by atoms with Gasteiger partial charge in [0.2, 0.25) is 0 Å². The van der Waals surface area contributed by atoms with Gasteiger partial charge in [-0.2, -0.15) is 0 Å². The Labute approximate surface area is 70.3 Å². The fourth-order valence-electron chi connectivity index (χ4n) is 0.350. The Hall–Kier alpha value is -0.542. The number of hydrogen-bond acceptors (Lipinski definition) is 1. The third kappa shape index (κ3) is 3.48. The Bertz CT molecular complexity index is 234. The first-order valence-corrected chi connectivity index (χ1v) is 4.01. The standard InChI is InChI=1S/C7H6FN.W/c1-6(4-8)3-7(2)5-9;/h3H,2H2,1H3;. The Morgan fingerprint density at radius 3 is 2.60 bits per heavy atom. The second kappa shape index (κ2) is 4.30. The summed E-state index contributed by atoms with van der Waals surface area (Å²) in [5.74, 6) is 0. The number of nitriles is 1. The zero-order chi connectivity index (χ0) is 8.15. The second-order valence-corrected chi connectivity index (χ2v) is 3.03. The molecule has 0 unspecified atom stereocenters. The first-order chi connectivity index (χ1) is 4.57. The van der Waals surface area contributed by atoms with Crippen molar-refractivity contribution in [1.29, 1.82) is 5.26 Å². The van der Waals surface area contributed by atoms with E-state index in [0.717, 1.165) is 19.4 Å². The predicted molar refractivity (Wildman–Crippen MR) is 34.6 cm³/mol. The topological polar surface area (TPSA) is 23.8 Å². The number of rotatable bonds is 2. The second-order valence-electron chi connectivity index (χ2n) is 1.74. The molecule has 0 aromatic heterocycles. The van der Waals surface area contributed by atoms with Gasteiger partial charge in [-0.15, -0.1) is 0 Å². The van der Waals surface area contributed by atoms with Crippen LogP contribution in [0, 0.1) is 11.3 Å². The summed E-state index contributed by atoms with van der Waals surface area (Å²) < 4.78 is 12.1. The number of nitrogens with zero attached hydrogens (tertiary/aromatic N) is 1. The van der Waals surface area contributed by atoms with Gasteiger partial charge in [0.1, 0.15) is 0 Å². The average molecular weight is 307 g/mol. The molecule has 0 saturated heterocycles. The third-order valence-corrected chi connectivity index (χ3v) is 2.00. The Morgan fingerprint density at radius 1 is 1.80 bits per heavy atom. The van der Waals surface area contributed by atoms with Crippen LogP contribution in [0.1, 0.15) is 6.92 Å². The summed E-state index contributed by atoms with van der Waals surface area (Å²) in [7, 11) is 0. The molecule has 3 heteroatoms. The molecule has 0 spiro atoms. The van der Waals surface area contributed by atoms with E-state index < -0.39 is 0 Å². The summed E-state index contributed by atoms with van der Waals surface area (Å²) >= 11 is 0.773. The van der Waals surface area contributed by atoms with Gasteiger partial charge in [0.15, 0.2) is 0 Å². The van der Waals surface area contributed by atoms with Crippen LogP contribution in [-0.2, 0) is 19.4 Å². The summed E-state index contributed by atoms with van der Waals surface area (Å²) in [6.07, 6.45) is 1.43. The fourth-order valence-corrected chi connectivity index (χ4v) is 0.562. The molecule has 0 atom stereocenters. The van der Waals surface area contributed by atoms with E-state index in [0.29, 0.717) is 5.57 Å². The quantitative estimate of drug-likeness (QED) is 0.562. The third-order valence-electron chi connectivity index (χ3n) is 0.844. The zero-order valence-corrected chi connectivity index (χ0v) is 8.45. The molecule has 0 N–H and O–H groups in total. The SMILES string of the molecule is C=C(C#N)C=C(C)[C](F)=[W]. The van der Waals surface area contributed by atoms with E-state index in [1.807, 2.05) is 6.07 Å². The molecule has 0 fully saturated rings. The number of allylic oxidation sites excluding steroid dienone is 3. The van der Waals surface area contributed by atoms with Crippen molar-refractivity contribution in [3.05, 3.63) is 23.8 Å². The van der Waals surface area contributed by atoms with Crippen molar-refractivity contribution in [2.24, 2.45) is 0 Å². The van der Waals surface area contributed by atoms with Gasteiger partial charge in [-0.3, -0.25) is 0 Å². The molecule has 0 bridgehead atoms. The summed E-state index contributed by atoms with van der Waals surface area (Å²) in [6, 6.07) is 1.81. The van der Waals surface area contributed by atoms with E-state index in [1.54, 1.807) is 6.92 Å². The van der Waals surface area contributed by atoms with Crippen molar-refractivity contribution in [3.63, 3.8) is 0 Å². The molecule has 52 valence electrons. The van der Waals surface area contributed by atoms with E-state index in [9.17, 15) is 4.39 Å². The fraction of sp³-hybridized carbons (Fsp3) is 0.143. The Kier molecular flexibility index (Phi) is 4.07. The van der Waals surface area contributed by atoms with E-state index in [2.05, 4.69) is 6.58 Å². The van der Waals surface area contributed by atoms with Crippen LogP contribution in [0.3, 0.4) is 0 Å². The van der Waals surface area contributed by atoms with E-state index in [-0.39, 0.29) is 9.72 Å². The molecule has 1 nitrogen and oxygen atoms in total. The first-order valence-electron chi connectivity index (χ1n) is 2.55. The summed E-state index contributed by atoms with van der Waals surface area (Å²) in [5.41, 5.74) is 0.774. The van der Waals surface area contributed by atoms with E-state index in [1.165, 1.54) is 6.08 Å². The van der Waals surface area contributed by atoms with E-state index >= 15 is 0 Å². The summed E-state index contributed by atoms with van der Waals surface area (Å²) in [4.78, 5) is 0. The van der Waals surface area contributed by atoms with Gasteiger partial charge in [-0.25, -0.2) is 0 Å². The van der Waals surface area contributed by atoms with Gasteiger partial charge in [0, 0.05) is 0 Å². The van der Waals surface area contributed by atoms with Crippen LogP contribution in [0.5, 0.6) is 0 Å². The van der Waals surface area contributed by atoms with Crippen LogP contribution in [0.25, 0.3) is 0 Å². The molecule has 0 aromatic rings. The molecule has 0 aromatic carbocycles. The van der Waals surface area contributed by atoms with Crippen LogP contribution >= 0.6 is 0 Å². The molecule has 0 aliphatic heterocycles. The molecular weight excluding hydrogens is 301 g/mol. The maximum atomic E-state index is 12.3. The number of halogens is 1. The molecule has 10 heavy (non-hydrogen) atoms. The van der Waals surface area contributed by atoms with Gasteiger partial charge < -0.3 is 0 Å². The van der Waals surface area contributed by atoms with Gasteiger partial charge in [-0.05, 0) is 0 Å². The van der Waals surface area contributed by atoms with Crippen LogP contribution in [0.2, 0.25) is 0 Å². The first kappa shape index (κ1) is 9.46. The van der Waals surface area contributed by atoms with Crippen molar-refractivity contribution < 1.29 is 23.7 Å². The summed E-state index contributed by atoms with van der Waals surface area (Å²) in [5, 5.41) is 8.25. The molecule has 0 saturated carbocycles. The van der Waals surface area contributed by atoms with Crippen molar-refractivity contribution in [2.45, 2.75) is 6.92 Å². The molecule has 0 amide bonds. The van der Waals surface area contributed by atoms with Crippen LogP contribution in [0.15, 0.2) is 23.8 Å². The van der Waals surface area contributed by atoms with Crippen LogP contribution in [0.4, 0.5) is 4.39 Å². The normalized spacial score (nSPS) is 10.3. The van der Waals surface area contributed by atoms with Gasteiger partial charge in [0.05, 0.1) is 0 Å². The zero-order valence-electron chi connectivity index (χ0n) is 5.52. The predicted octanol–water partition coefficient (Wildman–Crippen LogP) is 1.66. The average Bonchev–Trinajstić information content (AvgIpc) is 1.87. The minimum absolute atomic E-state index is 0.198. The minimum atomic E-state index is -0.198. The molecular formula is C7H6FNW. The van der Waals surface area contributed by atoms with Gasteiger partial charge in [0.25, 0.3) is 0 Å². The van der Waals surface area contributed by atoms with Crippen molar-refractivity contribution in [1.82, 2.24) is 0 Å². The van der Waals surface area contributed by atoms with Crippen molar-refractivity contribution in [2.75, 3.05) is 0 Å². The van der Waals surface area contributed by atoms with Crippen LogP contribution < -0.4 is 0 Å². The van der Waals surface area contributed by atoms with E-state index in [4.69, 9.17) is 5.26 Å². The van der Waals surface area contributed by atoms with Gasteiger partial charge in [-0.1, -0.05) is 0 Å². The molecule has 0 rings (SSSR count). The Morgan fingerprint density at radius 2 is 2.30 bits per heavy atom. The van der Waals surface area contributed by atoms with Crippen molar-refractivity contribution >= 4 is 4.15 Å². The number of hydrogen-bond donors (Lipinski definition) is 0. The monoisotopic (exact) mass is 307 g/mol. The molecule has 0 aliphatic carbocycles. The summed E-state index contributed by atoms with van der Waals surface area (Å²) in [6.45, 7) is 5.00. The van der Waals surface area contributed by atoms with Gasteiger partial charge >= 0.3 is 70.0 Å². The Balaban J connectivity index is 4.35. The van der Waals surface area contributed by atoms with Crippen LogP contribution in [-0.4, -0.2) is 4.15 Å². The molecule has 0 radical (unpaired) electrons. The molecule has 0 aliphatic rings. The molecule has 0 heterocycles.